The fourth-order valence-corrected chi connectivity index (χ4v) is 5.62. The first-order chi connectivity index (χ1) is 10.5. The predicted molar refractivity (Wildman–Crippen MR) is 79.6 cm³/mol. The number of hydrogen-bond acceptors (Lipinski definition) is 4. The van der Waals surface area contributed by atoms with Crippen LogP contribution in [-0.4, -0.2) is 42.1 Å². The average Bonchev–Trinajstić information content (AvgIpc) is 2.88. The third-order valence-electron chi connectivity index (χ3n) is 6.43. The van der Waals surface area contributed by atoms with Gasteiger partial charge in [-0.2, -0.15) is 0 Å². The summed E-state index contributed by atoms with van der Waals surface area (Å²) < 4.78 is 5.86. The van der Waals surface area contributed by atoms with Gasteiger partial charge in [0.2, 0.25) is 5.91 Å². The monoisotopic (exact) mass is 307 g/mol. The molecule has 1 saturated heterocycles. The van der Waals surface area contributed by atoms with Crippen LogP contribution in [0.5, 0.6) is 0 Å². The highest BCUT2D eigenvalue weighted by atomic mass is 16.6. The van der Waals surface area contributed by atoms with Gasteiger partial charge in [-0.25, -0.2) is 4.79 Å². The van der Waals surface area contributed by atoms with Crippen molar-refractivity contribution >= 4 is 12.0 Å². The van der Waals surface area contributed by atoms with Gasteiger partial charge in [-0.3, -0.25) is 4.79 Å². The van der Waals surface area contributed by atoms with Crippen molar-refractivity contribution < 1.29 is 14.3 Å². The lowest BCUT2D eigenvalue weighted by molar-refractivity contribution is -0.161. The van der Waals surface area contributed by atoms with E-state index >= 15 is 0 Å². The first kappa shape index (κ1) is 14.3. The van der Waals surface area contributed by atoms with Crippen molar-refractivity contribution in [1.82, 2.24) is 4.90 Å². The minimum absolute atomic E-state index is 0.0339. The van der Waals surface area contributed by atoms with E-state index in [1.807, 2.05) is 0 Å². The molecule has 6 nitrogen and oxygen atoms in total. The molecule has 5 fully saturated rings. The number of amides is 2. The van der Waals surface area contributed by atoms with Gasteiger partial charge in [0.25, 0.3) is 0 Å². The van der Waals surface area contributed by atoms with Gasteiger partial charge in [-0.05, 0) is 56.3 Å². The van der Waals surface area contributed by atoms with E-state index in [0.717, 1.165) is 38.5 Å². The standard InChI is InChI=1S/C16H25N3O3/c17-12-1-2-19(8-12)15(21)22-13-10-3-9-4-11(13)7-16(5-9,6-10)14(18)20/h9-13H,1-8,17H2,(H2,18,20)/t9?,10-,11?,12?,13?,16?/m1/s1. The molecule has 122 valence electrons. The fourth-order valence-electron chi connectivity index (χ4n) is 5.62. The Bertz CT molecular complexity index is 493. The van der Waals surface area contributed by atoms with Crippen molar-refractivity contribution in [3.63, 3.8) is 0 Å². The molecular weight excluding hydrogens is 282 g/mol. The Balaban J connectivity index is 1.46. The molecule has 6 heteroatoms. The van der Waals surface area contributed by atoms with Crippen molar-refractivity contribution in [3.05, 3.63) is 0 Å². The third-order valence-corrected chi connectivity index (χ3v) is 6.43. The van der Waals surface area contributed by atoms with Gasteiger partial charge in [0.1, 0.15) is 6.10 Å². The second-order valence-corrected chi connectivity index (χ2v) is 7.96. The molecule has 0 spiro atoms. The Morgan fingerprint density at radius 1 is 1.14 bits per heavy atom. The molecule has 4 bridgehead atoms. The number of carbonyl (C=O) groups is 2. The lowest BCUT2D eigenvalue weighted by atomic mass is 9.48. The van der Waals surface area contributed by atoms with E-state index in [1.165, 1.54) is 0 Å². The molecule has 6 atom stereocenters. The maximum Gasteiger partial charge on any atom is 0.410 e. The van der Waals surface area contributed by atoms with Gasteiger partial charge in [0.05, 0.1) is 5.41 Å². The van der Waals surface area contributed by atoms with Gasteiger partial charge in [-0.15, -0.1) is 0 Å². The summed E-state index contributed by atoms with van der Waals surface area (Å²) in [5.41, 5.74) is 11.2. The summed E-state index contributed by atoms with van der Waals surface area (Å²) in [4.78, 5) is 26.0. The number of rotatable bonds is 2. The van der Waals surface area contributed by atoms with E-state index < -0.39 is 0 Å². The normalized spacial score (nSPS) is 46.0. The summed E-state index contributed by atoms with van der Waals surface area (Å²) in [5, 5.41) is 0. The zero-order valence-electron chi connectivity index (χ0n) is 12.9. The highest BCUT2D eigenvalue weighted by Crippen LogP contribution is 2.60. The number of nitrogens with zero attached hydrogens (tertiary/aromatic N) is 1. The van der Waals surface area contributed by atoms with E-state index in [9.17, 15) is 9.59 Å². The zero-order valence-corrected chi connectivity index (χ0v) is 12.9. The maximum absolute atomic E-state index is 12.4. The van der Waals surface area contributed by atoms with Crippen molar-refractivity contribution in [2.45, 2.75) is 50.7 Å². The molecule has 4 N–H and O–H groups in total. The molecule has 5 unspecified atom stereocenters. The van der Waals surface area contributed by atoms with Crippen LogP contribution in [0.3, 0.4) is 0 Å². The lowest BCUT2D eigenvalue weighted by Gasteiger charge is -2.58. The SMILES string of the molecule is NC(=O)C12CC3CC(C1)C(OC(=O)N1CCC(N)C1)[C@H](C3)C2. The number of ether oxygens (including phenoxy) is 1. The number of carbonyl (C=O) groups excluding carboxylic acids is 2. The van der Waals surface area contributed by atoms with Crippen LogP contribution in [-0.2, 0) is 9.53 Å². The number of nitrogens with two attached hydrogens (primary N) is 2. The van der Waals surface area contributed by atoms with Crippen LogP contribution in [0.4, 0.5) is 4.79 Å². The molecule has 0 aromatic carbocycles. The predicted octanol–water partition coefficient (Wildman–Crippen LogP) is 0.836. The summed E-state index contributed by atoms with van der Waals surface area (Å²) in [7, 11) is 0. The summed E-state index contributed by atoms with van der Waals surface area (Å²) in [6.45, 7) is 1.28. The lowest BCUT2D eigenvalue weighted by Crippen LogP contribution is -2.59. The molecule has 0 aromatic rings. The van der Waals surface area contributed by atoms with E-state index in [4.69, 9.17) is 16.2 Å². The van der Waals surface area contributed by atoms with Crippen molar-refractivity contribution in [2.24, 2.45) is 34.6 Å². The Labute approximate surface area is 130 Å². The molecule has 22 heavy (non-hydrogen) atoms. The van der Waals surface area contributed by atoms with E-state index in [-0.39, 0.29) is 29.6 Å². The average molecular weight is 307 g/mol. The number of hydrogen-bond donors (Lipinski definition) is 2. The van der Waals surface area contributed by atoms with Crippen LogP contribution >= 0.6 is 0 Å². The van der Waals surface area contributed by atoms with E-state index in [2.05, 4.69) is 0 Å². The van der Waals surface area contributed by atoms with Crippen LogP contribution in [0.1, 0.15) is 38.5 Å². The quantitative estimate of drug-likeness (QED) is 0.789. The van der Waals surface area contributed by atoms with Gasteiger partial charge in [0.15, 0.2) is 0 Å². The molecule has 5 rings (SSSR count). The number of primary amides is 1. The number of likely N-dealkylation sites (tertiary alicyclic amines) is 1. The van der Waals surface area contributed by atoms with Crippen LogP contribution in [0, 0.1) is 23.2 Å². The van der Waals surface area contributed by atoms with Crippen molar-refractivity contribution in [1.29, 1.82) is 0 Å². The summed E-state index contributed by atoms with van der Waals surface area (Å²) >= 11 is 0. The van der Waals surface area contributed by atoms with Crippen LogP contribution in [0.2, 0.25) is 0 Å². The van der Waals surface area contributed by atoms with Crippen LogP contribution < -0.4 is 11.5 Å². The van der Waals surface area contributed by atoms with Gasteiger partial charge < -0.3 is 21.1 Å². The molecule has 0 aromatic heterocycles. The molecule has 5 aliphatic rings. The zero-order chi connectivity index (χ0) is 15.5. The largest absolute Gasteiger partial charge is 0.446 e. The highest BCUT2D eigenvalue weighted by Gasteiger charge is 2.59. The van der Waals surface area contributed by atoms with Gasteiger partial charge in [-0.1, -0.05) is 0 Å². The molecule has 1 aliphatic heterocycles. The van der Waals surface area contributed by atoms with E-state index in [0.29, 0.717) is 30.8 Å². The highest BCUT2D eigenvalue weighted by molar-refractivity contribution is 5.81. The third kappa shape index (κ3) is 2.11. The Morgan fingerprint density at radius 2 is 1.82 bits per heavy atom. The Hall–Kier alpha value is -1.30. The minimum Gasteiger partial charge on any atom is -0.446 e. The molecule has 4 saturated carbocycles. The Morgan fingerprint density at radius 3 is 2.36 bits per heavy atom. The smallest absolute Gasteiger partial charge is 0.410 e. The van der Waals surface area contributed by atoms with Crippen molar-refractivity contribution in [3.8, 4) is 0 Å². The molecular formula is C16H25N3O3. The minimum atomic E-state index is -0.324. The second-order valence-electron chi connectivity index (χ2n) is 7.96. The Kier molecular flexibility index (Phi) is 3.15. The van der Waals surface area contributed by atoms with Crippen LogP contribution in [0.25, 0.3) is 0 Å². The molecule has 0 radical (unpaired) electrons. The van der Waals surface area contributed by atoms with Gasteiger partial charge >= 0.3 is 6.09 Å². The summed E-state index contributed by atoms with van der Waals surface area (Å²) in [6.07, 6.45) is 5.27. The molecule has 4 aliphatic carbocycles. The van der Waals surface area contributed by atoms with Crippen molar-refractivity contribution in [2.75, 3.05) is 13.1 Å². The van der Waals surface area contributed by atoms with Gasteiger partial charge in [0, 0.05) is 19.1 Å². The first-order valence-electron chi connectivity index (χ1n) is 8.48. The van der Waals surface area contributed by atoms with E-state index in [1.54, 1.807) is 4.90 Å². The first-order valence-corrected chi connectivity index (χ1v) is 8.48. The summed E-state index contributed by atoms with van der Waals surface area (Å²) in [6, 6.07) is 0.0733. The van der Waals surface area contributed by atoms with Crippen LogP contribution in [0.15, 0.2) is 0 Å². The fraction of sp³-hybridized carbons (Fsp3) is 0.875. The summed E-state index contributed by atoms with van der Waals surface area (Å²) in [5.74, 6) is 1.04. The molecule has 1 heterocycles. The molecule has 2 amide bonds. The maximum atomic E-state index is 12.4. The topological polar surface area (TPSA) is 98.7 Å². The second kappa shape index (κ2) is 4.85.